The van der Waals surface area contributed by atoms with Gasteiger partial charge in [0.05, 0.1) is 26.4 Å². The second kappa shape index (κ2) is 61.3. The Balaban J connectivity index is 5.18. The lowest BCUT2D eigenvalue weighted by atomic mass is 10.00. The summed E-state index contributed by atoms with van der Waals surface area (Å²) >= 11 is 0. The number of unbranched alkanes of at least 4 members (excludes halogenated alkanes) is 36. The van der Waals surface area contributed by atoms with Crippen molar-refractivity contribution in [3.8, 4) is 0 Å². The molecule has 0 radical (unpaired) electrons. The van der Waals surface area contributed by atoms with Crippen LogP contribution < -0.4 is 0 Å². The molecule has 0 amide bonds. The first kappa shape index (κ1) is 86.1. The number of hydrogen-bond donors (Lipinski definition) is 3. The van der Waals surface area contributed by atoms with E-state index in [0.29, 0.717) is 25.7 Å². The number of aliphatic hydroxyl groups is 1. The van der Waals surface area contributed by atoms with Gasteiger partial charge in [-0.25, -0.2) is 9.13 Å². The first-order valence-electron chi connectivity index (χ1n) is 36.1. The second-order valence-corrected chi connectivity index (χ2v) is 28.3. The Bertz CT molecular complexity index is 1720. The third-order valence-corrected chi connectivity index (χ3v) is 18.6. The number of esters is 4. The highest BCUT2D eigenvalue weighted by molar-refractivity contribution is 7.47. The monoisotopic (exact) mass is 1300 g/mol. The number of phosphoric acid groups is 2. The SMILES string of the molecule is CCCCCCCCCCCCCCCCCCCCCC(=O)O[C@H](COC(=O)CCCCCCCCC(C)CC)COP(=O)(O)OC[C@@H](O)COP(=O)(O)OC[C@@H](COC(=O)CCCCCCCCCCC)OC(=O)CCCCCCCCC(C)CC. The Kier molecular flexibility index (Phi) is 59.9. The van der Waals surface area contributed by atoms with E-state index in [1.807, 2.05) is 0 Å². The van der Waals surface area contributed by atoms with Crippen LogP contribution >= 0.6 is 15.6 Å². The molecule has 0 rings (SSSR count). The molecule has 4 unspecified atom stereocenters. The van der Waals surface area contributed by atoms with Gasteiger partial charge in [-0.1, -0.05) is 298 Å². The van der Waals surface area contributed by atoms with Gasteiger partial charge in [-0.05, 0) is 37.5 Å². The fourth-order valence-electron chi connectivity index (χ4n) is 10.4. The Labute approximate surface area is 537 Å². The molecule has 0 saturated carbocycles. The molecule has 0 heterocycles. The van der Waals surface area contributed by atoms with Gasteiger partial charge in [0.25, 0.3) is 0 Å². The minimum atomic E-state index is -4.95. The van der Waals surface area contributed by atoms with E-state index in [-0.39, 0.29) is 25.7 Å². The lowest BCUT2D eigenvalue weighted by molar-refractivity contribution is -0.161. The largest absolute Gasteiger partial charge is 0.472 e. The van der Waals surface area contributed by atoms with Crippen LogP contribution in [-0.2, 0) is 65.4 Å². The van der Waals surface area contributed by atoms with E-state index in [1.165, 1.54) is 161 Å². The van der Waals surface area contributed by atoms with E-state index < -0.39 is 97.5 Å². The molecule has 0 saturated heterocycles. The highest BCUT2D eigenvalue weighted by Gasteiger charge is 2.30. The van der Waals surface area contributed by atoms with E-state index in [4.69, 9.17) is 37.0 Å². The van der Waals surface area contributed by atoms with Crippen LogP contribution in [0.4, 0.5) is 0 Å². The molecular formula is C69H134O17P2. The molecule has 0 aromatic heterocycles. The molecule has 0 spiro atoms. The summed E-state index contributed by atoms with van der Waals surface area (Å²) in [6.45, 7) is 9.43. The van der Waals surface area contributed by atoms with Gasteiger partial charge in [0.1, 0.15) is 19.3 Å². The minimum absolute atomic E-state index is 0.103. The van der Waals surface area contributed by atoms with Crippen molar-refractivity contribution < 1.29 is 80.2 Å². The zero-order valence-corrected chi connectivity index (χ0v) is 58.8. The van der Waals surface area contributed by atoms with Crippen LogP contribution in [0, 0.1) is 11.8 Å². The molecule has 3 N–H and O–H groups in total. The quantitative estimate of drug-likeness (QED) is 0.0222. The summed E-state index contributed by atoms with van der Waals surface area (Å²) in [7, 11) is -9.89. The van der Waals surface area contributed by atoms with Crippen molar-refractivity contribution in [2.75, 3.05) is 39.6 Å². The fourth-order valence-corrected chi connectivity index (χ4v) is 11.9. The molecule has 0 fully saturated rings. The van der Waals surface area contributed by atoms with Gasteiger partial charge in [0, 0.05) is 25.7 Å². The van der Waals surface area contributed by atoms with E-state index in [9.17, 15) is 43.2 Å². The standard InChI is InChI=1S/C69H134O17P2/c1-7-11-13-15-17-19-20-21-22-23-24-25-26-27-28-30-32-41-47-53-68(73)85-64(58-80-67(72)52-46-40-35-33-37-43-49-61(5)9-3)59-83-87(75,76)81-55-63(70)56-82-88(77,78)84-60-65(57-79-66(71)51-45-39-31-29-18-16-14-12-8-2)86-69(74)54-48-42-36-34-38-44-50-62(6)10-4/h61-65,70H,7-60H2,1-6H3,(H,75,76)(H,77,78)/t61?,62?,63-,64-,65-/m1/s1. The normalized spacial score (nSPS) is 14.8. The smallest absolute Gasteiger partial charge is 0.462 e. The molecular weight excluding hydrogens is 1160 g/mol. The van der Waals surface area contributed by atoms with Crippen molar-refractivity contribution in [3.05, 3.63) is 0 Å². The van der Waals surface area contributed by atoms with Crippen molar-refractivity contribution in [1.82, 2.24) is 0 Å². The van der Waals surface area contributed by atoms with Gasteiger partial charge in [-0.2, -0.15) is 0 Å². The first-order valence-corrected chi connectivity index (χ1v) is 39.1. The van der Waals surface area contributed by atoms with Crippen LogP contribution in [-0.4, -0.2) is 96.7 Å². The lowest BCUT2D eigenvalue weighted by Gasteiger charge is -2.21. The van der Waals surface area contributed by atoms with Gasteiger partial charge in [-0.15, -0.1) is 0 Å². The Morgan fingerprint density at radius 1 is 0.318 bits per heavy atom. The average molecular weight is 1300 g/mol. The molecule has 0 aromatic carbocycles. The number of aliphatic hydroxyl groups excluding tert-OH is 1. The maximum Gasteiger partial charge on any atom is 0.472 e. The summed E-state index contributed by atoms with van der Waals surface area (Å²) in [4.78, 5) is 72.4. The van der Waals surface area contributed by atoms with Crippen LogP contribution in [0.25, 0.3) is 0 Å². The number of carbonyl (C=O) groups is 4. The van der Waals surface area contributed by atoms with Gasteiger partial charge < -0.3 is 33.8 Å². The molecule has 17 nitrogen and oxygen atoms in total. The molecule has 0 aromatic rings. The Morgan fingerprint density at radius 3 is 0.807 bits per heavy atom. The first-order chi connectivity index (χ1) is 42.4. The van der Waals surface area contributed by atoms with Crippen LogP contribution in [0.1, 0.15) is 350 Å². The van der Waals surface area contributed by atoms with Crippen molar-refractivity contribution in [2.45, 2.75) is 368 Å². The average Bonchev–Trinajstić information content (AvgIpc) is 3.52. The zero-order chi connectivity index (χ0) is 65.0. The molecule has 0 aliphatic heterocycles. The summed E-state index contributed by atoms with van der Waals surface area (Å²) in [5.41, 5.74) is 0. The molecule has 0 bridgehead atoms. The van der Waals surface area contributed by atoms with Gasteiger partial charge >= 0.3 is 39.5 Å². The van der Waals surface area contributed by atoms with Crippen molar-refractivity contribution in [3.63, 3.8) is 0 Å². The second-order valence-electron chi connectivity index (χ2n) is 25.4. The zero-order valence-electron chi connectivity index (χ0n) is 57.0. The topological polar surface area (TPSA) is 237 Å². The number of hydrogen-bond acceptors (Lipinski definition) is 15. The van der Waals surface area contributed by atoms with E-state index in [1.54, 1.807) is 0 Å². The summed E-state index contributed by atoms with van der Waals surface area (Å²) in [6, 6.07) is 0. The van der Waals surface area contributed by atoms with Gasteiger partial charge in [0.15, 0.2) is 12.2 Å². The van der Waals surface area contributed by atoms with Gasteiger partial charge in [0.2, 0.25) is 0 Å². The van der Waals surface area contributed by atoms with Crippen LogP contribution in [0.5, 0.6) is 0 Å². The molecule has 0 aliphatic rings. The maximum absolute atomic E-state index is 13.0. The van der Waals surface area contributed by atoms with E-state index >= 15 is 0 Å². The Hall–Kier alpha value is -1.94. The number of phosphoric ester groups is 2. The third-order valence-electron chi connectivity index (χ3n) is 16.7. The number of ether oxygens (including phenoxy) is 4. The minimum Gasteiger partial charge on any atom is -0.462 e. The lowest BCUT2D eigenvalue weighted by Crippen LogP contribution is -2.30. The highest BCUT2D eigenvalue weighted by Crippen LogP contribution is 2.45. The number of carbonyl (C=O) groups excluding carboxylic acids is 4. The summed E-state index contributed by atoms with van der Waals surface area (Å²) in [6.07, 6.45) is 46.0. The van der Waals surface area contributed by atoms with Crippen molar-refractivity contribution >= 4 is 39.5 Å². The maximum atomic E-state index is 13.0. The van der Waals surface area contributed by atoms with Crippen LogP contribution in [0.2, 0.25) is 0 Å². The summed E-state index contributed by atoms with van der Waals surface area (Å²) < 4.78 is 68.1. The van der Waals surface area contributed by atoms with Crippen molar-refractivity contribution in [2.24, 2.45) is 11.8 Å². The molecule has 522 valence electrons. The number of rotatable bonds is 68. The van der Waals surface area contributed by atoms with Crippen LogP contribution in [0.15, 0.2) is 0 Å². The summed E-state index contributed by atoms with van der Waals surface area (Å²) in [5.74, 6) is -0.681. The van der Waals surface area contributed by atoms with E-state index in [0.717, 1.165) is 108 Å². The van der Waals surface area contributed by atoms with E-state index in [2.05, 4.69) is 41.5 Å². The fraction of sp³-hybridized carbons (Fsp3) is 0.942. The molecule has 0 aliphatic carbocycles. The Morgan fingerprint density at radius 2 is 0.545 bits per heavy atom. The van der Waals surface area contributed by atoms with Crippen molar-refractivity contribution in [1.29, 1.82) is 0 Å². The third kappa shape index (κ3) is 60.3. The molecule has 88 heavy (non-hydrogen) atoms. The van der Waals surface area contributed by atoms with Gasteiger partial charge in [-0.3, -0.25) is 37.3 Å². The molecule has 19 heteroatoms. The molecule has 7 atom stereocenters. The predicted molar refractivity (Wildman–Crippen MR) is 354 cm³/mol. The highest BCUT2D eigenvalue weighted by atomic mass is 31.2. The summed E-state index contributed by atoms with van der Waals surface area (Å²) in [5, 5.41) is 10.6. The predicted octanol–water partition coefficient (Wildman–Crippen LogP) is 19.6. The van der Waals surface area contributed by atoms with Crippen LogP contribution in [0.3, 0.4) is 0 Å².